The standard InChI is InChI=1S/C9H11ClN4O4S/c1-5-8(16)12-6(15)3-14(5)19(17,18)9-7(10)13(2)4-11-9/h4-5H,3H2,1-2H3,(H,12,15,16). The SMILES string of the molecule is CC1C(=O)NC(=O)CN1S(=O)(=O)c1ncn(C)c1Cl. The van der Waals surface area contributed by atoms with Crippen molar-refractivity contribution in [3.63, 3.8) is 0 Å². The molecule has 2 heterocycles. The zero-order valence-electron chi connectivity index (χ0n) is 10.1. The first-order valence-electron chi connectivity index (χ1n) is 5.27. The molecule has 0 spiro atoms. The van der Waals surface area contributed by atoms with E-state index in [0.717, 1.165) is 4.31 Å². The van der Waals surface area contributed by atoms with Crippen LogP contribution in [0.2, 0.25) is 5.15 Å². The number of carbonyl (C=O) groups excluding carboxylic acids is 2. The number of halogens is 1. The minimum atomic E-state index is -4.10. The monoisotopic (exact) mass is 306 g/mol. The van der Waals surface area contributed by atoms with Gasteiger partial charge >= 0.3 is 0 Å². The van der Waals surface area contributed by atoms with Gasteiger partial charge < -0.3 is 4.57 Å². The minimum absolute atomic E-state index is 0.0781. The van der Waals surface area contributed by atoms with Crippen molar-refractivity contribution >= 4 is 33.4 Å². The van der Waals surface area contributed by atoms with Crippen LogP contribution in [0.5, 0.6) is 0 Å². The van der Waals surface area contributed by atoms with Crippen molar-refractivity contribution in [2.45, 2.75) is 18.0 Å². The topological polar surface area (TPSA) is 101 Å². The maximum Gasteiger partial charge on any atom is 0.264 e. The fourth-order valence-electron chi connectivity index (χ4n) is 1.66. The predicted molar refractivity (Wildman–Crippen MR) is 64.7 cm³/mol. The van der Waals surface area contributed by atoms with Crippen LogP contribution in [0.15, 0.2) is 11.4 Å². The normalized spacial score (nSPS) is 21.5. The molecule has 1 saturated heterocycles. The average Bonchev–Trinajstić information content (AvgIpc) is 2.65. The highest BCUT2D eigenvalue weighted by Crippen LogP contribution is 2.24. The van der Waals surface area contributed by atoms with E-state index in [9.17, 15) is 18.0 Å². The van der Waals surface area contributed by atoms with Crippen LogP contribution in [-0.2, 0) is 26.7 Å². The highest BCUT2D eigenvalue weighted by molar-refractivity contribution is 7.89. The lowest BCUT2D eigenvalue weighted by atomic mass is 10.2. The Morgan fingerprint density at radius 3 is 2.63 bits per heavy atom. The molecule has 8 nitrogen and oxygen atoms in total. The molecule has 1 aromatic heterocycles. The zero-order valence-corrected chi connectivity index (χ0v) is 11.7. The first kappa shape index (κ1) is 14.0. The van der Waals surface area contributed by atoms with Crippen molar-refractivity contribution in [3.8, 4) is 0 Å². The van der Waals surface area contributed by atoms with Gasteiger partial charge in [-0.05, 0) is 6.92 Å². The maximum absolute atomic E-state index is 12.4. The van der Waals surface area contributed by atoms with E-state index in [1.165, 1.54) is 24.9 Å². The number of aryl methyl sites for hydroxylation is 1. The largest absolute Gasteiger partial charge is 0.324 e. The highest BCUT2D eigenvalue weighted by Gasteiger charge is 2.41. The molecule has 104 valence electrons. The number of hydrogen-bond donors (Lipinski definition) is 1. The van der Waals surface area contributed by atoms with E-state index in [4.69, 9.17) is 11.6 Å². The molecule has 19 heavy (non-hydrogen) atoms. The van der Waals surface area contributed by atoms with Crippen molar-refractivity contribution in [1.29, 1.82) is 0 Å². The van der Waals surface area contributed by atoms with Gasteiger partial charge in [0.15, 0.2) is 0 Å². The van der Waals surface area contributed by atoms with Crippen LogP contribution in [0, 0.1) is 0 Å². The molecule has 0 radical (unpaired) electrons. The number of carbonyl (C=O) groups is 2. The number of amides is 2. The van der Waals surface area contributed by atoms with Crippen LogP contribution in [-0.4, -0.2) is 46.7 Å². The molecule has 1 fully saturated rings. The zero-order chi connectivity index (χ0) is 14.4. The van der Waals surface area contributed by atoms with E-state index < -0.39 is 34.4 Å². The molecule has 2 rings (SSSR count). The molecule has 10 heteroatoms. The Morgan fingerprint density at radius 2 is 2.11 bits per heavy atom. The first-order chi connectivity index (χ1) is 8.75. The summed E-state index contributed by atoms with van der Waals surface area (Å²) in [5, 5.41) is 1.61. The van der Waals surface area contributed by atoms with Crippen LogP contribution >= 0.6 is 11.6 Å². The second-order valence-corrected chi connectivity index (χ2v) is 6.25. The number of hydrogen-bond acceptors (Lipinski definition) is 5. The average molecular weight is 307 g/mol. The summed E-state index contributed by atoms with van der Waals surface area (Å²) < 4.78 is 26.8. The molecule has 1 aliphatic heterocycles. The maximum atomic E-state index is 12.4. The lowest BCUT2D eigenvalue weighted by Crippen LogP contribution is -2.58. The Hall–Kier alpha value is -1.45. The van der Waals surface area contributed by atoms with Crippen LogP contribution < -0.4 is 5.32 Å². The molecule has 1 unspecified atom stereocenters. The fourth-order valence-corrected chi connectivity index (χ4v) is 3.61. The Morgan fingerprint density at radius 1 is 1.47 bits per heavy atom. The summed E-state index contributed by atoms with van der Waals surface area (Å²) >= 11 is 5.84. The molecule has 1 atom stereocenters. The molecular weight excluding hydrogens is 296 g/mol. The predicted octanol–water partition coefficient (Wildman–Crippen LogP) is -0.891. The molecule has 0 saturated carbocycles. The summed E-state index contributed by atoms with van der Waals surface area (Å²) in [7, 11) is -2.57. The van der Waals surface area contributed by atoms with Gasteiger partial charge in [-0.3, -0.25) is 14.9 Å². The van der Waals surface area contributed by atoms with Gasteiger partial charge in [0, 0.05) is 7.05 Å². The summed E-state index contributed by atoms with van der Waals surface area (Å²) in [6, 6.07) is -0.999. The molecule has 0 aromatic carbocycles. The third-order valence-corrected chi connectivity index (χ3v) is 5.17. The van der Waals surface area contributed by atoms with Crippen molar-refractivity contribution < 1.29 is 18.0 Å². The van der Waals surface area contributed by atoms with Gasteiger partial charge in [-0.2, -0.15) is 4.31 Å². The van der Waals surface area contributed by atoms with Gasteiger partial charge in [-0.25, -0.2) is 13.4 Å². The number of nitrogens with one attached hydrogen (secondary N) is 1. The smallest absolute Gasteiger partial charge is 0.264 e. The van der Waals surface area contributed by atoms with Crippen molar-refractivity contribution in [2.24, 2.45) is 7.05 Å². The van der Waals surface area contributed by atoms with Crippen LogP contribution in [0.1, 0.15) is 6.92 Å². The summed E-state index contributed by atoms with van der Waals surface area (Å²) in [5.74, 6) is -1.36. The Balaban J connectivity index is 2.47. The summed E-state index contributed by atoms with van der Waals surface area (Å²) in [5.41, 5.74) is 0. The Kier molecular flexibility index (Phi) is 3.37. The number of sulfonamides is 1. The highest BCUT2D eigenvalue weighted by atomic mass is 35.5. The molecule has 1 aromatic rings. The summed E-state index contributed by atoms with van der Waals surface area (Å²) in [6.07, 6.45) is 1.24. The first-order valence-corrected chi connectivity index (χ1v) is 7.09. The molecule has 0 bridgehead atoms. The van der Waals surface area contributed by atoms with E-state index in [1.807, 2.05) is 0 Å². The molecule has 1 N–H and O–H groups in total. The molecule has 2 amide bonds. The molecule has 0 aliphatic carbocycles. The number of imide groups is 1. The lowest BCUT2D eigenvalue weighted by Gasteiger charge is -2.29. The number of piperazine rings is 1. The minimum Gasteiger partial charge on any atom is -0.324 e. The number of nitrogens with zero attached hydrogens (tertiary/aromatic N) is 3. The number of aromatic nitrogens is 2. The van der Waals surface area contributed by atoms with E-state index in [-0.39, 0.29) is 10.2 Å². The summed E-state index contributed by atoms with van der Waals surface area (Å²) in [6.45, 7) is 0.943. The van der Waals surface area contributed by atoms with Crippen molar-refractivity contribution in [3.05, 3.63) is 11.5 Å². The van der Waals surface area contributed by atoms with Gasteiger partial charge in [0.2, 0.25) is 16.8 Å². The Bertz CT molecular complexity index is 653. The van der Waals surface area contributed by atoms with Crippen LogP contribution in [0.3, 0.4) is 0 Å². The number of imidazole rings is 1. The molecular formula is C9H11ClN4O4S. The van der Waals surface area contributed by atoms with E-state index in [2.05, 4.69) is 10.3 Å². The summed E-state index contributed by atoms with van der Waals surface area (Å²) in [4.78, 5) is 26.5. The van der Waals surface area contributed by atoms with E-state index >= 15 is 0 Å². The lowest BCUT2D eigenvalue weighted by molar-refractivity contribution is -0.136. The van der Waals surface area contributed by atoms with Crippen LogP contribution in [0.4, 0.5) is 0 Å². The van der Waals surface area contributed by atoms with E-state index in [0.29, 0.717) is 0 Å². The fraction of sp³-hybridized carbons (Fsp3) is 0.444. The van der Waals surface area contributed by atoms with Crippen molar-refractivity contribution in [2.75, 3.05) is 6.54 Å². The second-order valence-electron chi connectivity index (χ2n) is 4.09. The van der Waals surface area contributed by atoms with Gasteiger partial charge in [-0.15, -0.1) is 0 Å². The van der Waals surface area contributed by atoms with Crippen LogP contribution in [0.25, 0.3) is 0 Å². The quantitative estimate of drug-likeness (QED) is 0.714. The van der Waals surface area contributed by atoms with E-state index in [1.54, 1.807) is 0 Å². The van der Waals surface area contributed by atoms with Gasteiger partial charge in [0.1, 0.15) is 11.2 Å². The Labute approximate surface area is 114 Å². The third kappa shape index (κ3) is 2.24. The second kappa shape index (κ2) is 4.58. The van der Waals surface area contributed by atoms with Gasteiger partial charge in [-0.1, -0.05) is 11.6 Å². The third-order valence-electron chi connectivity index (χ3n) is 2.76. The molecule has 1 aliphatic rings. The van der Waals surface area contributed by atoms with Crippen molar-refractivity contribution in [1.82, 2.24) is 19.2 Å². The van der Waals surface area contributed by atoms with Gasteiger partial charge in [0.05, 0.1) is 12.9 Å². The number of rotatable bonds is 2. The van der Waals surface area contributed by atoms with Gasteiger partial charge in [0.25, 0.3) is 10.0 Å².